The second kappa shape index (κ2) is 9.94. The lowest BCUT2D eigenvalue weighted by molar-refractivity contribution is 0.0747. The van der Waals surface area contributed by atoms with Crippen LogP contribution in [0.2, 0.25) is 0 Å². The third-order valence-corrected chi connectivity index (χ3v) is 8.74. The molecule has 2 saturated carbocycles. The van der Waals surface area contributed by atoms with Crippen LogP contribution in [0.15, 0.2) is 0 Å². The Bertz CT molecular complexity index is 401. The molecule has 154 valence electrons. The van der Waals surface area contributed by atoms with Gasteiger partial charge in [0.25, 0.3) is 0 Å². The molecule has 0 saturated heterocycles. The first kappa shape index (κ1) is 22.3. The van der Waals surface area contributed by atoms with E-state index in [9.17, 15) is 0 Å². The molecule has 26 heavy (non-hydrogen) atoms. The third-order valence-electron chi connectivity index (χ3n) is 8.74. The lowest BCUT2D eigenvalue weighted by Crippen LogP contribution is -2.33. The monoisotopic (exact) mass is 364 g/mol. The van der Waals surface area contributed by atoms with Crippen molar-refractivity contribution >= 4 is 0 Å². The van der Waals surface area contributed by atoms with Gasteiger partial charge in [-0.05, 0) is 85.9 Å². The predicted octanol–water partition coefficient (Wildman–Crippen LogP) is 7.61. The second-order valence-corrected chi connectivity index (χ2v) is 10.8. The van der Waals surface area contributed by atoms with Gasteiger partial charge < -0.3 is 5.11 Å². The van der Waals surface area contributed by atoms with E-state index in [0.717, 1.165) is 30.1 Å². The average molecular weight is 365 g/mol. The lowest BCUT2D eigenvalue weighted by atomic mass is 9.63. The summed E-state index contributed by atoms with van der Waals surface area (Å²) in [5.41, 5.74) is 1.12. The summed E-state index contributed by atoms with van der Waals surface area (Å²) in [6.45, 7) is 13.0. The minimum absolute atomic E-state index is 0.369. The van der Waals surface area contributed by atoms with Crippen molar-refractivity contribution in [1.29, 1.82) is 0 Å². The van der Waals surface area contributed by atoms with Crippen LogP contribution >= 0.6 is 0 Å². The van der Waals surface area contributed by atoms with Crippen molar-refractivity contribution in [3.63, 3.8) is 0 Å². The van der Waals surface area contributed by atoms with E-state index in [0.29, 0.717) is 17.4 Å². The van der Waals surface area contributed by atoms with Gasteiger partial charge >= 0.3 is 0 Å². The molecule has 0 aliphatic heterocycles. The molecule has 1 nitrogen and oxygen atoms in total. The SMILES string of the molecule is CCC[C@@]1(C)C(C(C)CCC2CCCCC2(C)C)CC[C@@H]1CCCCO. The first-order valence-corrected chi connectivity index (χ1v) is 12.0. The standard InChI is InChI=1S/C25H48O/c1-6-17-25(5)22(12-8-10-19-26)15-16-23(25)20(2)13-14-21-11-7-9-18-24(21,3)4/h20-23,26H,6-19H2,1-5H3/t20?,21?,22-,23?,25+/m0/s1. The molecular formula is C25H48O. The fraction of sp³-hybridized carbons (Fsp3) is 1.00. The first-order chi connectivity index (χ1) is 12.3. The zero-order valence-corrected chi connectivity index (χ0v) is 18.7. The van der Waals surface area contributed by atoms with E-state index in [1.54, 1.807) is 0 Å². The molecule has 5 atom stereocenters. The zero-order chi connectivity index (χ0) is 19.2. The minimum atomic E-state index is 0.369. The summed E-state index contributed by atoms with van der Waals surface area (Å²) in [6.07, 6.45) is 17.9. The number of aliphatic hydroxyl groups is 1. The van der Waals surface area contributed by atoms with Gasteiger partial charge in [-0.3, -0.25) is 0 Å². The van der Waals surface area contributed by atoms with E-state index < -0.39 is 0 Å². The second-order valence-electron chi connectivity index (χ2n) is 10.8. The summed E-state index contributed by atoms with van der Waals surface area (Å²) in [5.74, 6) is 3.66. The summed E-state index contributed by atoms with van der Waals surface area (Å²) < 4.78 is 0. The molecule has 0 heterocycles. The summed E-state index contributed by atoms with van der Waals surface area (Å²) in [6, 6.07) is 0. The first-order valence-electron chi connectivity index (χ1n) is 12.0. The van der Waals surface area contributed by atoms with Crippen LogP contribution in [0.3, 0.4) is 0 Å². The van der Waals surface area contributed by atoms with E-state index >= 15 is 0 Å². The highest BCUT2D eigenvalue weighted by atomic mass is 16.2. The van der Waals surface area contributed by atoms with Gasteiger partial charge in [0.15, 0.2) is 0 Å². The molecule has 0 bridgehead atoms. The summed E-state index contributed by atoms with van der Waals surface area (Å²) in [7, 11) is 0. The van der Waals surface area contributed by atoms with E-state index in [2.05, 4.69) is 34.6 Å². The Morgan fingerprint density at radius 2 is 1.73 bits per heavy atom. The van der Waals surface area contributed by atoms with Gasteiger partial charge in [-0.15, -0.1) is 0 Å². The van der Waals surface area contributed by atoms with Gasteiger partial charge in [0.05, 0.1) is 0 Å². The van der Waals surface area contributed by atoms with Crippen LogP contribution in [0.4, 0.5) is 0 Å². The van der Waals surface area contributed by atoms with Crippen LogP contribution in [-0.2, 0) is 0 Å². The lowest BCUT2D eigenvalue weighted by Gasteiger charge is -2.42. The van der Waals surface area contributed by atoms with Crippen molar-refractivity contribution in [1.82, 2.24) is 0 Å². The highest BCUT2D eigenvalue weighted by Crippen LogP contribution is 2.56. The minimum Gasteiger partial charge on any atom is -0.396 e. The van der Waals surface area contributed by atoms with Crippen molar-refractivity contribution < 1.29 is 5.11 Å². The molecule has 1 heteroatoms. The van der Waals surface area contributed by atoms with Crippen molar-refractivity contribution in [3.8, 4) is 0 Å². The van der Waals surface area contributed by atoms with Crippen LogP contribution in [0.1, 0.15) is 118 Å². The van der Waals surface area contributed by atoms with Crippen LogP contribution < -0.4 is 0 Å². The van der Waals surface area contributed by atoms with Crippen molar-refractivity contribution in [3.05, 3.63) is 0 Å². The molecule has 0 aromatic rings. The molecule has 1 N–H and O–H groups in total. The smallest absolute Gasteiger partial charge is 0.0431 e. The Balaban J connectivity index is 1.94. The highest BCUT2D eigenvalue weighted by molar-refractivity contribution is 4.97. The van der Waals surface area contributed by atoms with Crippen molar-refractivity contribution in [2.75, 3.05) is 6.61 Å². The summed E-state index contributed by atoms with van der Waals surface area (Å²) in [5, 5.41) is 9.15. The van der Waals surface area contributed by atoms with Gasteiger partial charge in [0, 0.05) is 6.61 Å². The number of rotatable bonds is 10. The maximum atomic E-state index is 9.15. The number of hydrogen-bond acceptors (Lipinski definition) is 1. The molecule has 0 radical (unpaired) electrons. The van der Waals surface area contributed by atoms with Gasteiger partial charge in [0.1, 0.15) is 0 Å². The summed E-state index contributed by atoms with van der Waals surface area (Å²) in [4.78, 5) is 0. The molecule has 2 aliphatic rings. The molecule has 2 fully saturated rings. The van der Waals surface area contributed by atoms with Crippen LogP contribution in [0.25, 0.3) is 0 Å². The fourth-order valence-corrected chi connectivity index (χ4v) is 6.95. The molecule has 0 spiro atoms. The number of aliphatic hydroxyl groups excluding tert-OH is 1. The van der Waals surface area contributed by atoms with Gasteiger partial charge in [-0.2, -0.15) is 0 Å². The molecule has 0 amide bonds. The summed E-state index contributed by atoms with van der Waals surface area (Å²) >= 11 is 0. The highest BCUT2D eigenvalue weighted by Gasteiger charge is 2.47. The fourth-order valence-electron chi connectivity index (χ4n) is 6.95. The molecule has 2 aliphatic carbocycles. The molecular weight excluding hydrogens is 316 g/mol. The normalized spacial score (nSPS) is 35.5. The quantitative estimate of drug-likeness (QED) is 0.395. The molecule has 0 aromatic heterocycles. The van der Waals surface area contributed by atoms with Crippen LogP contribution in [-0.4, -0.2) is 11.7 Å². The molecule has 0 aromatic carbocycles. The Labute approximate surface area is 164 Å². The predicted molar refractivity (Wildman–Crippen MR) is 114 cm³/mol. The van der Waals surface area contributed by atoms with Gasteiger partial charge in [-0.1, -0.05) is 66.7 Å². The van der Waals surface area contributed by atoms with Gasteiger partial charge in [0.2, 0.25) is 0 Å². The Morgan fingerprint density at radius 1 is 0.962 bits per heavy atom. The van der Waals surface area contributed by atoms with Crippen molar-refractivity contribution in [2.45, 2.75) is 118 Å². The Kier molecular flexibility index (Phi) is 8.51. The maximum absolute atomic E-state index is 9.15. The Morgan fingerprint density at radius 3 is 2.38 bits per heavy atom. The van der Waals surface area contributed by atoms with E-state index in [1.807, 2.05) is 0 Å². The van der Waals surface area contributed by atoms with Crippen molar-refractivity contribution in [2.24, 2.45) is 34.5 Å². The molecule has 2 rings (SSSR count). The third kappa shape index (κ3) is 5.27. The number of unbranched alkanes of at least 4 members (excludes halogenated alkanes) is 1. The van der Waals surface area contributed by atoms with Crippen LogP contribution in [0, 0.1) is 34.5 Å². The zero-order valence-electron chi connectivity index (χ0n) is 18.7. The topological polar surface area (TPSA) is 20.2 Å². The number of hydrogen-bond donors (Lipinski definition) is 1. The van der Waals surface area contributed by atoms with E-state index in [-0.39, 0.29) is 0 Å². The van der Waals surface area contributed by atoms with E-state index in [4.69, 9.17) is 5.11 Å². The average Bonchev–Trinajstić information content (AvgIpc) is 2.90. The van der Waals surface area contributed by atoms with Gasteiger partial charge in [-0.25, -0.2) is 0 Å². The van der Waals surface area contributed by atoms with Crippen LogP contribution in [0.5, 0.6) is 0 Å². The van der Waals surface area contributed by atoms with E-state index in [1.165, 1.54) is 77.0 Å². The Hall–Kier alpha value is -0.0400. The maximum Gasteiger partial charge on any atom is 0.0431 e. The molecule has 3 unspecified atom stereocenters. The largest absolute Gasteiger partial charge is 0.396 e.